The topological polar surface area (TPSA) is 75.6 Å². The molecule has 0 saturated carbocycles. The first-order chi connectivity index (χ1) is 8.59. The van der Waals surface area contributed by atoms with Crippen molar-refractivity contribution < 1.29 is 19.4 Å². The summed E-state index contributed by atoms with van der Waals surface area (Å²) in [6, 6.07) is 8.47. The molecule has 0 heterocycles. The lowest BCUT2D eigenvalue weighted by atomic mass is 10.2. The average molecular weight is 251 g/mol. The third kappa shape index (κ3) is 5.34. The number of hydrogen-bond acceptors (Lipinski definition) is 3. The van der Waals surface area contributed by atoms with Gasteiger partial charge >= 0.3 is 5.97 Å². The highest BCUT2D eigenvalue weighted by atomic mass is 16.5. The zero-order valence-corrected chi connectivity index (χ0v) is 10.3. The van der Waals surface area contributed by atoms with Gasteiger partial charge in [-0.3, -0.25) is 9.59 Å². The zero-order chi connectivity index (χ0) is 13.4. The first kappa shape index (κ1) is 14.0. The van der Waals surface area contributed by atoms with Gasteiger partial charge in [-0.15, -0.1) is 0 Å². The second-order valence-corrected chi connectivity index (χ2v) is 3.89. The maximum absolute atomic E-state index is 11.3. The van der Waals surface area contributed by atoms with E-state index in [1.807, 2.05) is 30.3 Å². The lowest BCUT2D eigenvalue weighted by molar-refractivity contribution is -0.141. The Morgan fingerprint density at radius 2 is 2.00 bits per heavy atom. The predicted octanol–water partition coefficient (Wildman–Crippen LogP) is 1.43. The molecule has 1 amide bonds. The minimum absolute atomic E-state index is 0.254. The third-order valence-electron chi connectivity index (χ3n) is 2.31. The second-order valence-electron chi connectivity index (χ2n) is 3.89. The maximum Gasteiger partial charge on any atom is 0.325 e. The van der Waals surface area contributed by atoms with Gasteiger partial charge in [0.1, 0.15) is 11.8 Å². The number of hydrogen-bond donors (Lipinski definition) is 2. The van der Waals surface area contributed by atoms with E-state index in [0.29, 0.717) is 13.0 Å². The van der Waals surface area contributed by atoms with Crippen molar-refractivity contribution in [2.45, 2.75) is 25.8 Å². The Bertz CT molecular complexity index is 391. The van der Waals surface area contributed by atoms with Crippen LogP contribution in [-0.4, -0.2) is 29.6 Å². The van der Waals surface area contributed by atoms with Crippen LogP contribution in [-0.2, 0) is 9.59 Å². The number of carbonyl (C=O) groups excluding carboxylic acids is 1. The number of para-hydroxylation sites is 1. The van der Waals surface area contributed by atoms with E-state index < -0.39 is 12.0 Å². The van der Waals surface area contributed by atoms with Gasteiger partial charge in [0.15, 0.2) is 0 Å². The summed E-state index contributed by atoms with van der Waals surface area (Å²) in [6.07, 6.45) is 0.803. The summed E-state index contributed by atoms with van der Waals surface area (Å²) < 4.78 is 5.41. The molecule has 1 aromatic rings. The van der Waals surface area contributed by atoms with Gasteiger partial charge in [0, 0.05) is 6.42 Å². The fraction of sp³-hybridized carbons (Fsp3) is 0.385. The van der Waals surface area contributed by atoms with Gasteiger partial charge in [-0.2, -0.15) is 0 Å². The molecular weight excluding hydrogens is 234 g/mol. The smallest absolute Gasteiger partial charge is 0.325 e. The van der Waals surface area contributed by atoms with Gasteiger partial charge in [0.2, 0.25) is 5.91 Å². The van der Waals surface area contributed by atoms with Crippen molar-refractivity contribution >= 4 is 11.9 Å². The largest absolute Gasteiger partial charge is 0.494 e. The molecule has 2 N–H and O–H groups in total. The summed E-state index contributed by atoms with van der Waals surface area (Å²) >= 11 is 0. The Morgan fingerprint density at radius 1 is 1.33 bits per heavy atom. The number of rotatable bonds is 7. The number of nitrogens with one attached hydrogen (secondary N) is 1. The first-order valence-corrected chi connectivity index (χ1v) is 5.79. The van der Waals surface area contributed by atoms with Gasteiger partial charge in [-0.25, -0.2) is 0 Å². The molecule has 0 aromatic heterocycles. The number of carboxylic acid groups (broad SMARTS) is 1. The molecule has 0 fully saturated rings. The van der Waals surface area contributed by atoms with Crippen LogP contribution in [0.5, 0.6) is 5.75 Å². The number of amides is 1. The predicted molar refractivity (Wildman–Crippen MR) is 66.4 cm³/mol. The number of benzene rings is 1. The van der Waals surface area contributed by atoms with E-state index in [2.05, 4.69) is 5.32 Å². The van der Waals surface area contributed by atoms with Crippen molar-refractivity contribution in [1.29, 1.82) is 0 Å². The normalized spacial score (nSPS) is 11.6. The van der Waals surface area contributed by atoms with Crippen LogP contribution in [0.1, 0.15) is 19.8 Å². The molecule has 18 heavy (non-hydrogen) atoms. The number of carbonyl (C=O) groups is 2. The second kappa shape index (κ2) is 7.32. The summed E-state index contributed by atoms with van der Waals surface area (Å²) in [4.78, 5) is 21.8. The number of aliphatic carboxylic acids is 1. The maximum atomic E-state index is 11.3. The van der Waals surface area contributed by atoms with Crippen LogP contribution in [0.2, 0.25) is 0 Å². The summed E-state index contributed by atoms with van der Waals surface area (Å²) in [6.45, 7) is 1.86. The molecule has 0 bridgehead atoms. The van der Waals surface area contributed by atoms with E-state index in [-0.39, 0.29) is 12.3 Å². The molecule has 1 rings (SSSR count). The molecule has 0 aliphatic carbocycles. The van der Waals surface area contributed by atoms with Crippen molar-refractivity contribution in [3.63, 3.8) is 0 Å². The molecule has 5 heteroatoms. The molecule has 0 radical (unpaired) electrons. The molecule has 0 aliphatic heterocycles. The van der Waals surface area contributed by atoms with Crippen molar-refractivity contribution in [3.05, 3.63) is 30.3 Å². The molecular formula is C13H17NO4. The molecule has 0 aliphatic rings. The minimum atomic E-state index is -1.04. The summed E-state index contributed by atoms with van der Waals surface area (Å²) in [7, 11) is 0. The summed E-state index contributed by atoms with van der Waals surface area (Å²) in [5.74, 6) is -0.553. The van der Waals surface area contributed by atoms with E-state index in [4.69, 9.17) is 9.84 Å². The summed E-state index contributed by atoms with van der Waals surface area (Å²) in [5.41, 5.74) is 0. The van der Waals surface area contributed by atoms with E-state index in [0.717, 1.165) is 5.75 Å². The first-order valence-electron chi connectivity index (χ1n) is 5.79. The zero-order valence-electron chi connectivity index (χ0n) is 10.3. The molecule has 0 spiro atoms. The molecule has 0 saturated heterocycles. The quantitative estimate of drug-likeness (QED) is 0.719. The van der Waals surface area contributed by atoms with E-state index in [9.17, 15) is 9.59 Å². The Morgan fingerprint density at radius 3 is 2.61 bits per heavy atom. The molecule has 1 unspecified atom stereocenters. The highest BCUT2D eigenvalue weighted by Crippen LogP contribution is 2.08. The Balaban J connectivity index is 2.14. The third-order valence-corrected chi connectivity index (χ3v) is 2.31. The van der Waals surface area contributed by atoms with Gasteiger partial charge in [0.05, 0.1) is 6.61 Å². The monoisotopic (exact) mass is 251 g/mol. The molecule has 1 atom stereocenters. The lowest BCUT2D eigenvalue weighted by Crippen LogP contribution is -2.38. The average Bonchev–Trinajstić information content (AvgIpc) is 2.35. The lowest BCUT2D eigenvalue weighted by Gasteiger charge is -2.09. The van der Waals surface area contributed by atoms with Crippen LogP contribution in [0.15, 0.2) is 30.3 Å². The Hall–Kier alpha value is -2.04. The fourth-order valence-electron chi connectivity index (χ4n) is 1.31. The SMILES string of the molecule is CC(NC(=O)CCCOc1ccccc1)C(=O)O. The number of ether oxygens (including phenoxy) is 1. The van der Waals surface area contributed by atoms with E-state index in [1.165, 1.54) is 6.92 Å². The number of carboxylic acids is 1. The molecule has 1 aromatic carbocycles. The van der Waals surface area contributed by atoms with Gasteiger partial charge < -0.3 is 15.2 Å². The molecule has 5 nitrogen and oxygen atoms in total. The molecule has 98 valence electrons. The highest BCUT2D eigenvalue weighted by Gasteiger charge is 2.13. The van der Waals surface area contributed by atoms with Crippen LogP contribution in [0.25, 0.3) is 0 Å². The van der Waals surface area contributed by atoms with E-state index >= 15 is 0 Å². The van der Waals surface area contributed by atoms with Gasteiger partial charge in [0.25, 0.3) is 0 Å². The van der Waals surface area contributed by atoms with E-state index in [1.54, 1.807) is 0 Å². The van der Waals surface area contributed by atoms with Crippen molar-refractivity contribution in [2.24, 2.45) is 0 Å². The van der Waals surface area contributed by atoms with Crippen molar-refractivity contribution in [2.75, 3.05) is 6.61 Å². The van der Waals surface area contributed by atoms with Crippen LogP contribution in [0.3, 0.4) is 0 Å². The van der Waals surface area contributed by atoms with Crippen LogP contribution in [0, 0.1) is 0 Å². The summed E-state index contributed by atoms with van der Waals surface area (Å²) in [5, 5.41) is 11.0. The van der Waals surface area contributed by atoms with Crippen LogP contribution < -0.4 is 10.1 Å². The fourth-order valence-corrected chi connectivity index (χ4v) is 1.31. The van der Waals surface area contributed by atoms with Crippen molar-refractivity contribution in [1.82, 2.24) is 5.32 Å². The van der Waals surface area contributed by atoms with Crippen molar-refractivity contribution in [3.8, 4) is 5.75 Å². The highest BCUT2D eigenvalue weighted by molar-refractivity contribution is 5.83. The Kier molecular flexibility index (Phi) is 5.70. The standard InChI is InChI=1S/C13H17NO4/c1-10(13(16)17)14-12(15)8-5-9-18-11-6-3-2-4-7-11/h2-4,6-7,10H,5,8-9H2,1H3,(H,14,15)(H,16,17). The van der Waals surface area contributed by atoms with Crippen LogP contribution >= 0.6 is 0 Å². The van der Waals surface area contributed by atoms with Gasteiger partial charge in [-0.1, -0.05) is 18.2 Å². The van der Waals surface area contributed by atoms with Gasteiger partial charge in [-0.05, 0) is 25.5 Å². The minimum Gasteiger partial charge on any atom is -0.494 e. The Labute approximate surface area is 106 Å². The van der Waals surface area contributed by atoms with Crippen LogP contribution in [0.4, 0.5) is 0 Å².